The Morgan fingerprint density at radius 1 is 1.00 bits per heavy atom. The summed E-state index contributed by atoms with van der Waals surface area (Å²) in [6.07, 6.45) is 0.458. The summed E-state index contributed by atoms with van der Waals surface area (Å²) >= 11 is 5.68. The van der Waals surface area contributed by atoms with Crippen LogP contribution < -0.4 is 19.7 Å². The maximum atomic E-state index is 13.5. The fourth-order valence-corrected chi connectivity index (χ4v) is 4.52. The monoisotopic (exact) mass is 507 g/mol. The van der Waals surface area contributed by atoms with Crippen LogP contribution in [0.2, 0.25) is 0 Å². The summed E-state index contributed by atoms with van der Waals surface area (Å²) in [5.41, 5.74) is 2.05. The van der Waals surface area contributed by atoms with E-state index in [0.717, 1.165) is 5.56 Å². The second kappa shape index (κ2) is 11.2. The minimum absolute atomic E-state index is 0.0858. The van der Waals surface area contributed by atoms with Crippen molar-refractivity contribution in [1.82, 2.24) is 4.90 Å². The summed E-state index contributed by atoms with van der Waals surface area (Å²) in [4.78, 5) is 29.4. The molecule has 186 valence electrons. The molecule has 0 saturated carbocycles. The first-order valence-electron chi connectivity index (χ1n) is 11.4. The first-order chi connectivity index (χ1) is 17.4. The number of hydrogen-bond acceptors (Lipinski definition) is 5. The minimum atomic E-state index is -0.800. The molecule has 4 rings (SSSR count). The highest BCUT2D eigenvalue weighted by Gasteiger charge is 2.43. The molecular formula is C27H26FN3O4S. The number of para-hydroxylation sites is 1. The number of halogens is 1. The van der Waals surface area contributed by atoms with Gasteiger partial charge in [-0.3, -0.25) is 14.5 Å². The van der Waals surface area contributed by atoms with E-state index in [-0.39, 0.29) is 23.3 Å². The van der Waals surface area contributed by atoms with Crippen molar-refractivity contribution >= 4 is 40.5 Å². The van der Waals surface area contributed by atoms with Crippen LogP contribution in [0, 0.1) is 5.82 Å². The van der Waals surface area contributed by atoms with E-state index in [1.165, 1.54) is 29.2 Å². The van der Waals surface area contributed by atoms with Crippen LogP contribution in [-0.4, -0.2) is 48.6 Å². The highest BCUT2D eigenvalue weighted by molar-refractivity contribution is 7.80. The van der Waals surface area contributed by atoms with E-state index in [2.05, 4.69) is 5.32 Å². The summed E-state index contributed by atoms with van der Waals surface area (Å²) < 4.78 is 24.2. The lowest BCUT2D eigenvalue weighted by Crippen LogP contribution is -2.39. The van der Waals surface area contributed by atoms with Gasteiger partial charge in [-0.15, -0.1) is 0 Å². The van der Waals surface area contributed by atoms with E-state index in [4.69, 9.17) is 21.7 Å². The van der Waals surface area contributed by atoms with Gasteiger partial charge in [-0.2, -0.15) is 0 Å². The molecule has 3 aromatic carbocycles. The molecule has 3 aromatic rings. The molecule has 0 spiro atoms. The predicted octanol–water partition coefficient (Wildman–Crippen LogP) is 4.42. The number of carbonyl (C=O) groups excluding carboxylic acids is 2. The Morgan fingerprint density at radius 3 is 2.36 bits per heavy atom. The number of nitrogens with one attached hydrogen (secondary N) is 1. The Hall–Kier alpha value is -3.98. The van der Waals surface area contributed by atoms with Crippen LogP contribution in [0.3, 0.4) is 0 Å². The molecular weight excluding hydrogens is 481 g/mol. The Bertz CT molecular complexity index is 1250. The summed E-state index contributed by atoms with van der Waals surface area (Å²) in [5, 5.41) is 3.10. The molecule has 1 fully saturated rings. The van der Waals surface area contributed by atoms with Crippen LogP contribution in [0.15, 0.2) is 72.8 Å². The van der Waals surface area contributed by atoms with Gasteiger partial charge in [0.2, 0.25) is 5.91 Å². The van der Waals surface area contributed by atoms with Crippen molar-refractivity contribution in [3.8, 4) is 11.5 Å². The average Bonchev–Trinajstić information content (AvgIpc) is 3.12. The van der Waals surface area contributed by atoms with Gasteiger partial charge in [0.1, 0.15) is 11.9 Å². The highest BCUT2D eigenvalue weighted by atomic mass is 32.1. The molecule has 2 amide bonds. The number of hydrogen-bond donors (Lipinski definition) is 1. The molecule has 0 aliphatic carbocycles. The number of thiocarbonyl (C=S) groups is 1. The molecule has 0 aromatic heterocycles. The van der Waals surface area contributed by atoms with E-state index in [0.29, 0.717) is 35.8 Å². The molecule has 1 heterocycles. The number of benzene rings is 3. The summed E-state index contributed by atoms with van der Waals surface area (Å²) in [6.45, 7) is 0.390. The Kier molecular flexibility index (Phi) is 7.80. The van der Waals surface area contributed by atoms with Crippen molar-refractivity contribution in [2.24, 2.45) is 0 Å². The molecule has 0 unspecified atom stereocenters. The van der Waals surface area contributed by atoms with Gasteiger partial charge in [0.15, 0.2) is 16.6 Å². The highest BCUT2D eigenvalue weighted by Crippen LogP contribution is 2.30. The normalized spacial score (nSPS) is 15.2. The number of anilines is 2. The Balaban J connectivity index is 1.56. The third-order valence-corrected chi connectivity index (χ3v) is 6.35. The average molecular weight is 508 g/mol. The van der Waals surface area contributed by atoms with E-state index in [9.17, 15) is 14.0 Å². The molecule has 1 atom stereocenters. The number of rotatable bonds is 9. The van der Waals surface area contributed by atoms with Crippen molar-refractivity contribution in [3.63, 3.8) is 0 Å². The Labute approximate surface area is 214 Å². The Morgan fingerprint density at radius 2 is 1.69 bits per heavy atom. The third-order valence-electron chi connectivity index (χ3n) is 5.93. The quantitative estimate of drug-likeness (QED) is 0.433. The molecule has 7 nitrogen and oxygen atoms in total. The summed E-state index contributed by atoms with van der Waals surface area (Å²) in [6, 6.07) is 19.4. The lowest BCUT2D eigenvalue weighted by molar-refractivity contribution is -0.124. The van der Waals surface area contributed by atoms with E-state index < -0.39 is 11.9 Å². The number of methoxy groups -OCH3 is 2. The van der Waals surface area contributed by atoms with Crippen LogP contribution in [0.4, 0.5) is 15.8 Å². The molecule has 0 radical (unpaired) electrons. The molecule has 1 aliphatic heterocycles. The number of ether oxygens (including phenoxy) is 2. The first-order valence-corrected chi connectivity index (χ1v) is 11.8. The van der Waals surface area contributed by atoms with Gasteiger partial charge in [0, 0.05) is 12.2 Å². The van der Waals surface area contributed by atoms with Crippen LogP contribution >= 0.6 is 12.2 Å². The molecule has 1 saturated heterocycles. The zero-order valence-electron chi connectivity index (χ0n) is 19.9. The molecule has 0 bridgehead atoms. The zero-order chi connectivity index (χ0) is 25.7. The van der Waals surface area contributed by atoms with Crippen LogP contribution in [0.25, 0.3) is 0 Å². The molecule has 9 heteroatoms. The van der Waals surface area contributed by atoms with E-state index in [1.54, 1.807) is 31.3 Å². The second-order valence-electron chi connectivity index (χ2n) is 8.20. The van der Waals surface area contributed by atoms with Crippen LogP contribution in [0.1, 0.15) is 12.0 Å². The van der Waals surface area contributed by atoms with Gasteiger partial charge >= 0.3 is 0 Å². The fourth-order valence-electron chi connectivity index (χ4n) is 4.11. The fraction of sp³-hybridized carbons (Fsp3) is 0.222. The zero-order valence-corrected chi connectivity index (χ0v) is 20.8. The largest absolute Gasteiger partial charge is 0.493 e. The third kappa shape index (κ3) is 5.46. The van der Waals surface area contributed by atoms with Crippen molar-refractivity contribution in [1.29, 1.82) is 0 Å². The SMILES string of the molecule is COc1ccc(CCN2C(=S)N(c3ccc(F)cc3)C(=O)[C@@H]2CC(=O)Nc2ccccc2)cc1OC. The summed E-state index contributed by atoms with van der Waals surface area (Å²) in [7, 11) is 3.14. The second-order valence-corrected chi connectivity index (χ2v) is 8.56. The van der Waals surface area contributed by atoms with Crippen LogP contribution in [-0.2, 0) is 16.0 Å². The molecule has 36 heavy (non-hydrogen) atoms. The van der Waals surface area contributed by atoms with Gasteiger partial charge in [-0.1, -0.05) is 24.3 Å². The van der Waals surface area contributed by atoms with E-state index in [1.807, 2.05) is 36.4 Å². The van der Waals surface area contributed by atoms with Crippen molar-refractivity contribution < 1.29 is 23.5 Å². The standard InChI is InChI=1S/C27H26FN3O4S/c1-34-23-13-8-18(16-24(23)35-2)14-15-30-22(17-25(32)29-20-6-4-3-5-7-20)26(33)31(27(30)36)21-11-9-19(28)10-12-21/h3-13,16,22H,14-15,17H2,1-2H3,(H,29,32)/t22-/m0/s1. The summed E-state index contributed by atoms with van der Waals surface area (Å²) in [5.74, 6) is 0.162. The lowest BCUT2D eigenvalue weighted by Gasteiger charge is -2.24. The topological polar surface area (TPSA) is 71.1 Å². The smallest absolute Gasteiger partial charge is 0.256 e. The maximum absolute atomic E-state index is 13.5. The van der Waals surface area contributed by atoms with Gasteiger partial charge < -0.3 is 19.7 Å². The van der Waals surface area contributed by atoms with Gasteiger partial charge in [0.05, 0.1) is 26.3 Å². The van der Waals surface area contributed by atoms with Crippen LogP contribution in [0.5, 0.6) is 11.5 Å². The number of carbonyl (C=O) groups is 2. The molecule has 1 N–H and O–H groups in total. The van der Waals surface area contributed by atoms with Crippen molar-refractivity contribution in [2.75, 3.05) is 31.0 Å². The first kappa shape index (κ1) is 25.1. The van der Waals surface area contributed by atoms with Gasteiger partial charge in [-0.25, -0.2) is 4.39 Å². The van der Waals surface area contributed by atoms with Crippen molar-refractivity contribution in [3.05, 3.63) is 84.2 Å². The van der Waals surface area contributed by atoms with Crippen molar-refractivity contribution in [2.45, 2.75) is 18.9 Å². The van der Waals surface area contributed by atoms with Gasteiger partial charge in [-0.05, 0) is 72.7 Å². The predicted molar refractivity (Wildman–Crippen MR) is 140 cm³/mol. The minimum Gasteiger partial charge on any atom is -0.493 e. The number of amides is 2. The van der Waals surface area contributed by atoms with Gasteiger partial charge in [0.25, 0.3) is 5.91 Å². The van der Waals surface area contributed by atoms with E-state index >= 15 is 0 Å². The number of nitrogens with zero attached hydrogens (tertiary/aromatic N) is 2. The lowest BCUT2D eigenvalue weighted by atomic mass is 10.1. The molecule has 1 aliphatic rings. The maximum Gasteiger partial charge on any atom is 0.256 e.